The molecule has 1 N–H and O–H groups in total. The van der Waals surface area contributed by atoms with Crippen molar-refractivity contribution in [1.29, 1.82) is 0 Å². The van der Waals surface area contributed by atoms with Gasteiger partial charge in [0.1, 0.15) is 0 Å². The van der Waals surface area contributed by atoms with Crippen LogP contribution in [0.15, 0.2) is 42.6 Å². The summed E-state index contributed by atoms with van der Waals surface area (Å²) in [4.78, 5) is 5.12. The Hall–Kier alpha value is -1.28. The monoisotopic (exact) mass is 163 g/mol. The molecule has 64 valence electrons. The smallest absolute Gasteiger partial charge is 0.0996 e. The number of nitrogens with one attached hydrogen (secondary N) is 1. The zero-order chi connectivity index (χ0) is 8.65. The van der Waals surface area contributed by atoms with Gasteiger partial charge in [0.2, 0.25) is 0 Å². The van der Waals surface area contributed by atoms with Gasteiger partial charge >= 0.3 is 0 Å². The number of benzene rings is 1. The molecule has 0 aliphatic heterocycles. The molecule has 1 rings (SSSR count). The predicted octanol–water partition coefficient (Wildman–Crippen LogP) is 2.24. The molecular formula is C10H13NO. The van der Waals surface area contributed by atoms with Crippen LogP contribution in [0.4, 0.5) is 0 Å². The summed E-state index contributed by atoms with van der Waals surface area (Å²) in [5.41, 5.74) is 3.86. The van der Waals surface area contributed by atoms with E-state index in [4.69, 9.17) is 4.84 Å². The zero-order valence-electron chi connectivity index (χ0n) is 7.16. The van der Waals surface area contributed by atoms with Crippen molar-refractivity contribution in [3.8, 4) is 0 Å². The third-order valence-electron chi connectivity index (χ3n) is 1.40. The van der Waals surface area contributed by atoms with Crippen LogP contribution in [0.1, 0.15) is 12.5 Å². The van der Waals surface area contributed by atoms with Crippen LogP contribution in [0.5, 0.6) is 0 Å². The van der Waals surface area contributed by atoms with Gasteiger partial charge in [0.05, 0.1) is 6.61 Å². The molecule has 0 amide bonds. The molecule has 0 atom stereocenters. The van der Waals surface area contributed by atoms with Crippen LogP contribution in [0.2, 0.25) is 0 Å². The highest BCUT2D eigenvalue weighted by Gasteiger charge is 1.87. The summed E-state index contributed by atoms with van der Waals surface area (Å²) in [6.45, 7) is 2.52. The van der Waals surface area contributed by atoms with Gasteiger partial charge in [-0.05, 0) is 12.5 Å². The standard InChI is InChI=1S/C10H13NO/c1-2-8-11-12-9-10-6-4-3-5-7-10/h2-8,11H,9H2,1H3. The molecule has 0 saturated heterocycles. The van der Waals surface area contributed by atoms with Gasteiger partial charge in [0, 0.05) is 6.20 Å². The lowest BCUT2D eigenvalue weighted by atomic mass is 10.2. The van der Waals surface area contributed by atoms with E-state index in [1.807, 2.05) is 43.3 Å². The molecule has 0 aliphatic rings. The average molecular weight is 163 g/mol. The normalized spacial score (nSPS) is 10.4. The van der Waals surface area contributed by atoms with Crippen molar-refractivity contribution in [2.24, 2.45) is 0 Å². The first-order valence-corrected chi connectivity index (χ1v) is 3.96. The molecular weight excluding hydrogens is 150 g/mol. The van der Waals surface area contributed by atoms with Crippen molar-refractivity contribution in [1.82, 2.24) is 5.48 Å². The highest BCUT2D eigenvalue weighted by Crippen LogP contribution is 1.98. The molecule has 12 heavy (non-hydrogen) atoms. The molecule has 2 heteroatoms. The third-order valence-corrected chi connectivity index (χ3v) is 1.40. The number of allylic oxidation sites excluding steroid dienone is 1. The maximum atomic E-state index is 5.12. The zero-order valence-corrected chi connectivity index (χ0v) is 7.16. The highest BCUT2D eigenvalue weighted by atomic mass is 16.6. The van der Waals surface area contributed by atoms with Crippen LogP contribution in [0.3, 0.4) is 0 Å². The minimum atomic E-state index is 0.588. The fourth-order valence-electron chi connectivity index (χ4n) is 0.815. The van der Waals surface area contributed by atoms with E-state index >= 15 is 0 Å². The first-order valence-electron chi connectivity index (χ1n) is 3.96. The first-order chi connectivity index (χ1) is 5.93. The van der Waals surface area contributed by atoms with E-state index in [-0.39, 0.29) is 0 Å². The van der Waals surface area contributed by atoms with Crippen molar-refractivity contribution in [2.45, 2.75) is 13.5 Å². The quantitative estimate of drug-likeness (QED) is 0.543. The second-order valence-electron chi connectivity index (χ2n) is 2.39. The fourth-order valence-corrected chi connectivity index (χ4v) is 0.815. The van der Waals surface area contributed by atoms with Crippen LogP contribution in [-0.4, -0.2) is 0 Å². The summed E-state index contributed by atoms with van der Waals surface area (Å²) >= 11 is 0. The van der Waals surface area contributed by atoms with E-state index in [0.29, 0.717) is 6.61 Å². The SMILES string of the molecule is CC=CNOCc1ccccc1. The second-order valence-corrected chi connectivity index (χ2v) is 2.39. The lowest BCUT2D eigenvalue weighted by molar-refractivity contribution is 0.0575. The Balaban J connectivity index is 2.24. The van der Waals surface area contributed by atoms with Crippen molar-refractivity contribution in [3.05, 3.63) is 48.2 Å². The molecule has 0 fully saturated rings. The van der Waals surface area contributed by atoms with E-state index in [1.54, 1.807) is 6.20 Å². The maximum Gasteiger partial charge on any atom is 0.0996 e. The first kappa shape index (κ1) is 8.81. The lowest BCUT2D eigenvalue weighted by Gasteiger charge is -2.01. The topological polar surface area (TPSA) is 21.3 Å². The van der Waals surface area contributed by atoms with Crippen molar-refractivity contribution in [3.63, 3.8) is 0 Å². The number of rotatable bonds is 4. The molecule has 1 aromatic carbocycles. The van der Waals surface area contributed by atoms with Gasteiger partial charge in [-0.1, -0.05) is 36.4 Å². The van der Waals surface area contributed by atoms with Crippen LogP contribution in [-0.2, 0) is 11.4 Å². The molecule has 0 radical (unpaired) electrons. The molecule has 2 nitrogen and oxygen atoms in total. The van der Waals surface area contributed by atoms with Crippen LogP contribution >= 0.6 is 0 Å². The Morgan fingerprint density at radius 1 is 1.33 bits per heavy atom. The van der Waals surface area contributed by atoms with Gasteiger partial charge in [-0.2, -0.15) is 0 Å². The average Bonchev–Trinajstić information content (AvgIpc) is 2.14. The minimum Gasteiger partial charge on any atom is -0.274 e. The number of hydrogen-bond acceptors (Lipinski definition) is 2. The minimum absolute atomic E-state index is 0.588. The molecule has 0 saturated carbocycles. The summed E-state index contributed by atoms with van der Waals surface area (Å²) in [7, 11) is 0. The van der Waals surface area contributed by atoms with E-state index in [0.717, 1.165) is 5.56 Å². The molecule has 0 unspecified atom stereocenters. The van der Waals surface area contributed by atoms with Crippen LogP contribution < -0.4 is 5.48 Å². The second kappa shape index (κ2) is 5.38. The number of hydrogen-bond donors (Lipinski definition) is 1. The Kier molecular flexibility index (Phi) is 3.95. The summed E-state index contributed by atoms with van der Waals surface area (Å²) in [5, 5.41) is 0. The molecule has 0 aliphatic carbocycles. The van der Waals surface area contributed by atoms with E-state index in [1.165, 1.54) is 0 Å². The Bertz CT molecular complexity index is 231. The maximum absolute atomic E-state index is 5.12. The Morgan fingerprint density at radius 2 is 2.08 bits per heavy atom. The summed E-state index contributed by atoms with van der Waals surface area (Å²) in [6.07, 6.45) is 3.63. The van der Waals surface area contributed by atoms with Gasteiger partial charge in [-0.3, -0.25) is 10.3 Å². The van der Waals surface area contributed by atoms with Gasteiger partial charge < -0.3 is 0 Å². The number of hydroxylamine groups is 1. The van der Waals surface area contributed by atoms with Crippen molar-refractivity contribution < 1.29 is 4.84 Å². The van der Waals surface area contributed by atoms with E-state index in [9.17, 15) is 0 Å². The molecule has 0 aromatic heterocycles. The van der Waals surface area contributed by atoms with Gasteiger partial charge in [-0.25, -0.2) is 0 Å². The third kappa shape index (κ3) is 3.21. The molecule has 1 aromatic rings. The fraction of sp³-hybridized carbons (Fsp3) is 0.200. The van der Waals surface area contributed by atoms with Crippen molar-refractivity contribution in [2.75, 3.05) is 0 Å². The van der Waals surface area contributed by atoms with Gasteiger partial charge in [0.25, 0.3) is 0 Å². The lowest BCUT2D eigenvalue weighted by Crippen LogP contribution is -2.05. The van der Waals surface area contributed by atoms with Crippen LogP contribution in [0.25, 0.3) is 0 Å². The highest BCUT2D eigenvalue weighted by molar-refractivity contribution is 5.13. The molecule has 0 spiro atoms. The van der Waals surface area contributed by atoms with Gasteiger partial charge in [-0.15, -0.1) is 0 Å². The summed E-state index contributed by atoms with van der Waals surface area (Å²) in [5.74, 6) is 0. The largest absolute Gasteiger partial charge is 0.274 e. The Labute approximate surface area is 72.8 Å². The summed E-state index contributed by atoms with van der Waals surface area (Å²) in [6, 6.07) is 10.0. The van der Waals surface area contributed by atoms with Gasteiger partial charge in [0.15, 0.2) is 0 Å². The van der Waals surface area contributed by atoms with Crippen LogP contribution in [0, 0.1) is 0 Å². The van der Waals surface area contributed by atoms with E-state index in [2.05, 4.69) is 5.48 Å². The van der Waals surface area contributed by atoms with Crippen molar-refractivity contribution >= 4 is 0 Å². The molecule has 0 bridgehead atoms. The Morgan fingerprint density at radius 3 is 2.75 bits per heavy atom. The summed E-state index contributed by atoms with van der Waals surface area (Å²) < 4.78 is 0. The van der Waals surface area contributed by atoms with E-state index < -0.39 is 0 Å². The predicted molar refractivity (Wildman–Crippen MR) is 49.2 cm³/mol. The molecule has 0 heterocycles.